The Morgan fingerprint density at radius 2 is 0.857 bits per heavy atom. The van der Waals surface area contributed by atoms with E-state index in [1.54, 1.807) is 11.1 Å². The molecule has 2 fully saturated rings. The molecule has 0 saturated heterocycles. The lowest BCUT2D eigenvalue weighted by Crippen LogP contribution is -2.15. The highest BCUT2D eigenvalue weighted by Crippen LogP contribution is 2.36. The molecule has 2 aliphatic carbocycles. The van der Waals surface area contributed by atoms with Crippen molar-refractivity contribution in [1.29, 1.82) is 0 Å². The Morgan fingerprint density at radius 1 is 0.452 bits per heavy atom. The van der Waals surface area contributed by atoms with E-state index in [4.69, 9.17) is 0 Å². The summed E-state index contributed by atoms with van der Waals surface area (Å²) in [5, 5.41) is 0. The molecule has 234 valence electrons. The first-order valence-corrected chi connectivity index (χ1v) is 18.7. The number of benzene rings is 2. The zero-order chi connectivity index (χ0) is 29.6. The lowest BCUT2D eigenvalue weighted by Gasteiger charge is -2.28. The Hall–Kier alpha value is -1.56. The van der Waals surface area contributed by atoms with Crippen LogP contribution in [0.15, 0.2) is 36.4 Å². The number of hydrogen-bond donors (Lipinski definition) is 0. The van der Waals surface area contributed by atoms with Crippen molar-refractivity contribution < 1.29 is 0 Å². The molecule has 0 heterocycles. The number of rotatable bonds is 17. The fourth-order valence-corrected chi connectivity index (χ4v) is 8.45. The van der Waals surface area contributed by atoms with Crippen molar-refractivity contribution in [3.05, 3.63) is 58.7 Å². The van der Waals surface area contributed by atoms with E-state index in [0.717, 1.165) is 23.7 Å². The van der Waals surface area contributed by atoms with Crippen molar-refractivity contribution in [2.24, 2.45) is 23.7 Å². The van der Waals surface area contributed by atoms with Crippen LogP contribution >= 0.6 is 0 Å². The lowest BCUT2D eigenvalue weighted by atomic mass is 9.77. The number of unbranched alkanes of at least 4 members (excludes halogenated alkanes) is 6. The summed E-state index contributed by atoms with van der Waals surface area (Å²) in [6.07, 6.45) is 31.6. The molecule has 0 heteroatoms. The van der Waals surface area contributed by atoms with Gasteiger partial charge in [0.25, 0.3) is 0 Å². The molecule has 0 radical (unpaired) electrons. The average Bonchev–Trinajstić information content (AvgIpc) is 3.01. The number of hydrogen-bond acceptors (Lipinski definition) is 0. The smallest absolute Gasteiger partial charge is 0.0181 e. The van der Waals surface area contributed by atoms with Gasteiger partial charge in [-0.15, -0.1) is 0 Å². The Kier molecular flexibility index (Phi) is 14.5. The van der Waals surface area contributed by atoms with Crippen molar-refractivity contribution in [3.63, 3.8) is 0 Å². The molecular weight excluding hydrogens is 504 g/mol. The molecule has 0 nitrogen and oxygen atoms in total. The zero-order valence-electron chi connectivity index (χ0n) is 28.3. The molecule has 0 aliphatic heterocycles. The van der Waals surface area contributed by atoms with Crippen LogP contribution < -0.4 is 0 Å². The minimum absolute atomic E-state index is 0.955. The average molecular weight is 571 g/mol. The van der Waals surface area contributed by atoms with E-state index in [2.05, 4.69) is 64.1 Å². The Balaban J connectivity index is 1.16. The van der Waals surface area contributed by atoms with Gasteiger partial charge in [0.05, 0.1) is 0 Å². The fourth-order valence-electron chi connectivity index (χ4n) is 8.45. The molecule has 2 aromatic carbocycles. The fraction of sp³-hybridized carbons (Fsp3) is 0.714. The van der Waals surface area contributed by atoms with Gasteiger partial charge in [-0.25, -0.2) is 0 Å². The van der Waals surface area contributed by atoms with Crippen molar-refractivity contribution >= 4 is 0 Å². The maximum Gasteiger partial charge on any atom is -0.0181 e. The van der Waals surface area contributed by atoms with Gasteiger partial charge in [0, 0.05) is 0 Å². The van der Waals surface area contributed by atoms with E-state index in [1.807, 2.05) is 0 Å². The van der Waals surface area contributed by atoms with Crippen molar-refractivity contribution in [3.8, 4) is 11.1 Å². The van der Waals surface area contributed by atoms with Crippen molar-refractivity contribution in [1.82, 2.24) is 0 Å². The summed E-state index contributed by atoms with van der Waals surface area (Å²) < 4.78 is 0. The molecular formula is C42H66. The van der Waals surface area contributed by atoms with Crippen molar-refractivity contribution in [2.75, 3.05) is 0 Å². The lowest BCUT2D eigenvalue weighted by molar-refractivity contribution is 0.248. The third-order valence-corrected chi connectivity index (χ3v) is 11.5. The van der Waals surface area contributed by atoms with Gasteiger partial charge in [0.2, 0.25) is 0 Å². The molecule has 2 aliphatic rings. The minimum Gasteiger partial charge on any atom is -0.0654 e. The van der Waals surface area contributed by atoms with Gasteiger partial charge >= 0.3 is 0 Å². The molecule has 0 amide bonds. The second kappa shape index (κ2) is 18.3. The maximum atomic E-state index is 2.46. The van der Waals surface area contributed by atoms with Crippen LogP contribution in [0.2, 0.25) is 0 Å². The predicted molar refractivity (Wildman–Crippen MR) is 186 cm³/mol. The van der Waals surface area contributed by atoms with E-state index in [9.17, 15) is 0 Å². The first kappa shape index (κ1) is 33.3. The monoisotopic (exact) mass is 571 g/mol. The molecule has 4 rings (SSSR count). The van der Waals surface area contributed by atoms with Crippen LogP contribution in [0.3, 0.4) is 0 Å². The van der Waals surface area contributed by atoms with Gasteiger partial charge in [0.15, 0.2) is 0 Å². The molecule has 0 atom stereocenters. The summed E-state index contributed by atoms with van der Waals surface area (Å²) in [6.45, 7) is 9.34. The van der Waals surface area contributed by atoms with Gasteiger partial charge in [-0.1, -0.05) is 166 Å². The van der Waals surface area contributed by atoms with Crippen LogP contribution in [0, 0.1) is 37.5 Å². The van der Waals surface area contributed by atoms with E-state index in [1.165, 1.54) is 164 Å². The Morgan fingerprint density at radius 3 is 1.29 bits per heavy atom. The third-order valence-electron chi connectivity index (χ3n) is 11.5. The van der Waals surface area contributed by atoms with Gasteiger partial charge in [0.1, 0.15) is 0 Å². The molecule has 2 saturated carbocycles. The van der Waals surface area contributed by atoms with Crippen LogP contribution in [0.4, 0.5) is 0 Å². The molecule has 0 N–H and O–H groups in total. The first-order valence-electron chi connectivity index (χ1n) is 18.7. The molecule has 0 aromatic heterocycles. The normalized spacial score (nSPS) is 22.9. The van der Waals surface area contributed by atoms with Crippen LogP contribution in [-0.4, -0.2) is 0 Å². The van der Waals surface area contributed by atoms with E-state index in [0.29, 0.717) is 0 Å². The van der Waals surface area contributed by atoms with Crippen LogP contribution in [0.5, 0.6) is 0 Å². The molecule has 2 aromatic rings. The second-order valence-electron chi connectivity index (χ2n) is 14.8. The topological polar surface area (TPSA) is 0 Å². The standard InChI is InChI=1S/C42H66/c1-5-7-8-9-10-11-12-14-36-17-21-38(22-18-36)24-26-40-28-30-42(32-34(40)4)41-29-27-39(33(3)31-41)25-23-37-19-15-35(13-6-2)16-20-37/h27-32,35-38H,5-26H2,1-4H3/t35-,36-,37-,38-. The van der Waals surface area contributed by atoms with Crippen LogP contribution in [0.1, 0.15) is 165 Å². The van der Waals surface area contributed by atoms with Gasteiger partial charge < -0.3 is 0 Å². The summed E-state index contributed by atoms with van der Waals surface area (Å²) in [4.78, 5) is 0. The highest BCUT2D eigenvalue weighted by molar-refractivity contribution is 5.66. The minimum atomic E-state index is 0.955. The largest absolute Gasteiger partial charge is 0.0654 e. The van der Waals surface area contributed by atoms with Crippen LogP contribution in [0.25, 0.3) is 11.1 Å². The van der Waals surface area contributed by atoms with Crippen molar-refractivity contribution in [2.45, 2.75) is 169 Å². The molecule has 0 unspecified atom stereocenters. The summed E-state index contributed by atoms with van der Waals surface area (Å²) in [7, 11) is 0. The van der Waals surface area contributed by atoms with E-state index in [-0.39, 0.29) is 0 Å². The summed E-state index contributed by atoms with van der Waals surface area (Å²) >= 11 is 0. The van der Waals surface area contributed by atoms with Gasteiger partial charge in [-0.05, 0) is 96.6 Å². The summed E-state index contributed by atoms with van der Waals surface area (Å²) in [6, 6.07) is 14.6. The molecule has 0 spiro atoms. The van der Waals surface area contributed by atoms with Crippen LogP contribution in [-0.2, 0) is 12.8 Å². The van der Waals surface area contributed by atoms with Gasteiger partial charge in [-0.3, -0.25) is 0 Å². The van der Waals surface area contributed by atoms with Gasteiger partial charge in [-0.2, -0.15) is 0 Å². The summed E-state index contributed by atoms with van der Waals surface area (Å²) in [5.41, 5.74) is 8.90. The quantitative estimate of drug-likeness (QED) is 0.166. The SMILES string of the molecule is CCCCCCCCC[C@H]1CC[C@H](CCc2ccc(-c3ccc(CC[C@H]4CC[C@H](CCC)CC4)c(C)c3)cc2C)CC1. The number of aryl methyl sites for hydroxylation is 4. The first-order chi connectivity index (χ1) is 20.6. The Bertz CT molecular complexity index is 1010. The van der Waals surface area contributed by atoms with E-state index >= 15 is 0 Å². The highest BCUT2D eigenvalue weighted by atomic mass is 14.3. The van der Waals surface area contributed by atoms with E-state index < -0.39 is 0 Å². The second-order valence-corrected chi connectivity index (χ2v) is 14.8. The summed E-state index contributed by atoms with van der Waals surface area (Å²) in [5.74, 6) is 3.96. The maximum absolute atomic E-state index is 2.46. The molecule has 42 heavy (non-hydrogen) atoms. The molecule has 0 bridgehead atoms. The zero-order valence-corrected chi connectivity index (χ0v) is 28.3. The Labute approximate surface area is 261 Å². The highest BCUT2D eigenvalue weighted by Gasteiger charge is 2.22. The predicted octanol–water partition coefficient (Wildman–Crippen LogP) is 13.4. The third kappa shape index (κ3) is 10.9.